The molecule has 20 heavy (non-hydrogen) atoms. The zero-order valence-corrected chi connectivity index (χ0v) is 14.5. The van der Waals surface area contributed by atoms with Crippen LogP contribution in [0.1, 0.15) is 54.9 Å². The molecule has 1 aromatic rings. The largest absolute Gasteiger partial charge is 0.408 e. The average Bonchev–Trinajstić information content (AvgIpc) is 2.72. The molecule has 1 atom stereocenters. The lowest BCUT2D eigenvalue weighted by molar-refractivity contribution is 0.112. The molecule has 0 spiro atoms. The van der Waals surface area contributed by atoms with E-state index >= 15 is 0 Å². The summed E-state index contributed by atoms with van der Waals surface area (Å²) >= 11 is 6.27. The fraction of sp³-hybridized carbons (Fsp3) is 0.600. The van der Waals surface area contributed by atoms with Gasteiger partial charge in [-0.15, -0.1) is 0 Å². The van der Waals surface area contributed by atoms with Gasteiger partial charge in [-0.25, -0.2) is 0 Å². The molecular weight excluding hydrogens is 290 g/mol. The van der Waals surface area contributed by atoms with Gasteiger partial charge in [-0.05, 0) is 36.5 Å². The molecule has 3 nitrogen and oxygen atoms in total. The SMILES string of the molecule is CC(C)(C)[Si](C)(C)OC1CCc2c1ncc(C=O)c2Cl. The van der Waals surface area contributed by atoms with Gasteiger partial charge in [-0.1, -0.05) is 32.4 Å². The van der Waals surface area contributed by atoms with Crippen LogP contribution >= 0.6 is 11.6 Å². The summed E-state index contributed by atoms with van der Waals surface area (Å²) in [5.41, 5.74) is 2.38. The van der Waals surface area contributed by atoms with Crippen LogP contribution in [-0.2, 0) is 10.8 Å². The third-order valence-corrected chi connectivity index (χ3v) is 9.43. The number of aromatic nitrogens is 1. The van der Waals surface area contributed by atoms with Gasteiger partial charge in [0.15, 0.2) is 14.6 Å². The van der Waals surface area contributed by atoms with Gasteiger partial charge in [0.05, 0.1) is 22.4 Å². The van der Waals surface area contributed by atoms with Gasteiger partial charge in [-0.3, -0.25) is 9.78 Å². The van der Waals surface area contributed by atoms with Crippen LogP contribution in [0.5, 0.6) is 0 Å². The summed E-state index contributed by atoms with van der Waals surface area (Å²) in [6, 6.07) is 0. The number of nitrogens with zero attached hydrogens (tertiary/aromatic N) is 1. The van der Waals surface area contributed by atoms with Crippen molar-refractivity contribution in [1.82, 2.24) is 4.98 Å². The third-order valence-electron chi connectivity index (χ3n) is 4.50. The van der Waals surface area contributed by atoms with Crippen LogP contribution in [0.3, 0.4) is 0 Å². The standard InChI is InChI=1S/C15H22ClNO2Si/c1-15(2,3)20(4,5)19-12-7-6-11-13(16)10(9-18)8-17-14(11)12/h8-9,12H,6-7H2,1-5H3. The van der Waals surface area contributed by atoms with Crippen molar-refractivity contribution in [1.29, 1.82) is 0 Å². The van der Waals surface area contributed by atoms with E-state index in [2.05, 4.69) is 38.8 Å². The summed E-state index contributed by atoms with van der Waals surface area (Å²) in [4.78, 5) is 15.3. The van der Waals surface area contributed by atoms with E-state index < -0.39 is 8.32 Å². The van der Waals surface area contributed by atoms with Gasteiger partial charge in [0, 0.05) is 6.20 Å². The van der Waals surface area contributed by atoms with Gasteiger partial charge in [-0.2, -0.15) is 0 Å². The van der Waals surface area contributed by atoms with E-state index in [4.69, 9.17) is 16.0 Å². The first-order chi connectivity index (χ1) is 9.17. The Labute approximate surface area is 126 Å². The van der Waals surface area contributed by atoms with Crippen molar-refractivity contribution in [3.63, 3.8) is 0 Å². The predicted molar refractivity (Wildman–Crippen MR) is 84.0 cm³/mol. The molecule has 1 aromatic heterocycles. The zero-order valence-electron chi connectivity index (χ0n) is 12.8. The highest BCUT2D eigenvalue weighted by Gasteiger charge is 2.41. The minimum Gasteiger partial charge on any atom is -0.408 e. The summed E-state index contributed by atoms with van der Waals surface area (Å²) in [7, 11) is -1.83. The minimum absolute atomic E-state index is 0.0177. The maximum Gasteiger partial charge on any atom is 0.192 e. The number of carbonyl (C=O) groups excluding carboxylic acids is 1. The summed E-state index contributed by atoms with van der Waals surface area (Å²) in [6.07, 6.45) is 4.07. The Kier molecular flexibility index (Phi) is 4.11. The summed E-state index contributed by atoms with van der Waals surface area (Å²) in [5.74, 6) is 0. The number of rotatable bonds is 3. The Bertz CT molecular complexity index is 537. The topological polar surface area (TPSA) is 39.2 Å². The molecule has 0 saturated heterocycles. The van der Waals surface area contributed by atoms with E-state index in [0.29, 0.717) is 10.6 Å². The molecule has 1 aliphatic carbocycles. The molecule has 0 amide bonds. The predicted octanol–water partition coefficient (Wildman–Crippen LogP) is 4.56. The first-order valence-electron chi connectivity index (χ1n) is 6.97. The highest BCUT2D eigenvalue weighted by molar-refractivity contribution is 6.74. The third kappa shape index (κ3) is 2.69. The van der Waals surface area contributed by atoms with Gasteiger partial charge in [0.2, 0.25) is 0 Å². The molecule has 0 aliphatic heterocycles. The Hall–Kier alpha value is -0.713. The number of hydrogen-bond donors (Lipinski definition) is 0. The number of fused-ring (bicyclic) bond motifs is 1. The second-order valence-electron chi connectivity index (χ2n) is 6.91. The molecule has 0 saturated carbocycles. The summed E-state index contributed by atoms with van der Waals surface area (Å²) in [5, 5.41) is 0.716. The molecule has 0 radical (unpaired) electrons. The average molecular weight is 312 g/mol. The smallest absolute Gasteiger partial charge is 0.192 e. The van der Waals surface area contributed by atoms with Crippen molar-refractivity contribution in [2.24, 2.45) is 0 Å². The quantitative estimate of drug-likeness (QED) is 0.607. The van der Waals surface area contributed by atoms with Crippen LogP contribution in [0.2, 0.25) is 23.2 Å². The van der Waals surface area contributed by atoms with E-state index in [1.54, 1.807) is 6.20 Å². The lowest BCUT2D eigenvalue weighted by Crippen LogP contribution is -2.41. The molecule has 1 heterocycles. The molecule has 0 aromatic carbocycles. The zero-order chi connectivity index (χ0) is 15.1. The lowest BCUT2D eigenvalue weighted by Gasteiger charge is -2.38. The van der Waals surface area contributed by atoms with Crippen molar-refractivity contribution in [2.45, 2.75) is 57.8 Å². The normalized spacial score (nSPS) is 19.0. The lowest BCUT2D eigenvalue weighted by atomic mass is 10.1. The van der Waals surface area contributed by atoms with Crippen molar-refractivity contribution in [3.8, 4) is 0 Å². The highest BCUT2D eigenvalue weighted by atomic mass is 35.5. The van der Waals surface area contributed by atoms with Crippen LogP contribution in [0, 0.1) is 0 Å². The van der Waals surface area contributed by atoms with E-state index in [-0.39, 0.29) is 11.1 Å². The number of halogens is 1. The van der Waals surface area contributed by atoms with Gasteiger partial charge in [0.25, 0.3) is 0 Å². The number of pyridine rings is 1. The van der Waals surface area contributed by atoms with Crippen molar-refractivity contribution in [3.05, 3.63) is 28.0 Å². The van der Waals surface area contributed by atoms with E-state index in [1.807, 2.05) is 0 Å². The molecule has 1 unspecified atom stereocenters. The molecule has 0 N–H and O–H groups in total. The molecule has 0 bridgehead atoms. The number of aldehydes is 1. The van der Waals surface area contributed by atoms with E-state index in [1.165, 1.54) is 0 Å². The van der Waals surface area contributed by atoms with Gasteiger partial charge >= 0.3 is 0 Å². The van der Waals surface area contributed by atoms with Crippen LogP contribution in [-0.4, -0.2) is 19.6 Å². The Balaban J connectivity index is 2.30. The Morgan fingerprint density at radius 3 is 2.65 bits per heavy atom. The second-order valence-corrected chi connectivity index (χ2v) is 12.0. The van der Waals surface area contributed by atoms with Gasteiger partial charge < -0.3 is 4.43 Å². The molecule has 0 fully saturated rings. The van der Waals surface area contributed by atoms with E-state index in [0.717, 1.165) is 30.4 Å². The molecule has 2 rings (SSSR count). The van der Waals surface area contributed by atoms with Crippen LogP contribution in [0.25, 0.3) is 0 Å². The fourth-order valence-electron chi connectivity index (χ4n) is 2.22. The minimum atomic E-state index is -1.83. The van der Waals surface area contributed by atoms with Gasteiger partial charge in [0.1, 0.15) is 0 Å². The first kappa shape index (κ1) is 15.7. The van der Waals surface area contributed by atoms with E-state index in [9.17, 15) is 4.79 Å². The Morgan fingerprint density at radius 2 is 2.10 bits per heavy atom. The van der Waals surface area contributed by atoms with Crippen molar-refractivity contribution >= 4 is 26.2 Å². The van der Waals surface area contributed by atoms with Crippen LogP contribution < -0.4 is 0 Å². The molecular formula is C15H22ClNO2Si. The van der Waals surface area contributed by atoms with Crippen LogP contribution in [0.15, 0.2) is 6.20 Å². The van der Waals surface area contributed by atoms with Crippen LogP contribution in [0.4, 0.5) is 0 Å². The number of hydrogen-bond acceptors (Lipinski definition) is 3. The van der Waals surface area contributed by atoms with Crippen molar-refractivity contribution < 1.29 is 9.22 Å². The monoisotopic (exact) mass is 311 g/mol. The Morgan fingerprint density at radius 1 is 1.45 bits per heavy atom. The maximum absolute atomic E-state index is 10.9. The second kappa shape index (κ2) is 5.24. The molecule has 5 heteroatoms. The highest BCUT2D eigenvalue weighted by Crippen LogP contribution is 2.44. The van der Waals surface area contributed by atoms with Crippen molar-refractivity contribution in [2.75, 3.05) is 0 Å². The summed E-state index contributed by atoms with van der Waals surface area (Å²) < 4.78 is 6.45. The first-order valence-corrected chi connectivity index (χ1v) is 10.3. The number of carbonyl (C=O) groups is 1. The molecule has 110 valence electrons. The fourth-order valence-corrected chi connectivity index (χ4v) is 3.80. The maximum atomic E-state index is 10.9. The molecule has 1 aliphatic rings. The summed E-state index contributed by atoms with van der Waals surface area (Å²) in [6.45, 7) is 11.2.